The van der Waals surface area contributed by atoms with Gasteiger partial charge in [-0.2, -0.15) is 0 Å². The Morgan fingerprint density at radius 1 is 1.44 bits per heavy atom. The number of aromatic nitrogens is 1. The third-order valence-electron chi connectivity index (χ3n) is 4.83. The molecule has 1 fully saturated rings. The lowest BCUT2D eigenvalue weighted by molar-refractivity contribution is -0.111. The minimum Gasteiger partial charge on any atom is -0.481 e. The normalized spacial score (nSPS) is 20.1. The van der Waals surface area contributed by atoms with Crippen molar-refractivity contribution in [3.8, 4) is 18.2 Å². The highest BCUT2D eigenvalue weighted by molar-refractivity contribution is 5.99. The van der Waals surface area contributed by atoms with E-state index in [9.17, 15) is 13.6 Å². The van der Waals surface area contributed by atoms with Gasteiger partial charge in [-0.1, -0.05) is 18.7 Å². The zero-order valence-corrected chi connectivity index (χ0v) is 15.6. The number of carbonyl (C=O) groups excluding carboxylic acids is 1. The molecule has 0 bridgehead atoms. The van der Waals surface area contributed by atoms with Gasteiger partial charge in [0, 0.05) is 11.5 Å². The first kappa shape index (κ1) is 20.6. The van der Waals surface area contributed by atoms with E-state index in [1.54, 1.807) is 6.07 Å². The maximum absolute atomic E-state index is 13.4. The first-order valence-electron chi connectivity index (χ1n) is 8.83. The minimum atomic E-state index is -2.62. The van der Waals surface area contributed by atoms with Crippen LogP contribution in [0.3, 0.4) is 0 Å². The van der Waals surface area contributed by atoms with E-state index in [4.69, 9.17) is 11.2 Å². The Hall–Kier alpha value is -2.68. The number of terminal acetylenes is 1. The molecule has 1 aromatic rings. The maximum Gasteiger partial charge on any atom is 0.248 e. The third-order valence-corrected chi connectivity index (χ3v) is 4.83. The Kier molecular flexibility index (Phi) is 6.73. The van der Waals surface area contributed by atoms with Crippen LogP contribution >= 0.6 is 0 Å². The Bertz CT molecular complexity index is 768. The number of carbonyl (C=O) groups is 1. The summed E-state index contributed by atoms with van der Waals surface area (Å²) in [6.07, 6.45) is 12.9. The van der Waals surface area contributed by atoms with Crippen molar-refractivity contribution >= 4 is 17.7 Å². The Morgan fingerprint density at radius 2 is 2.11 bits per heavy atom. The van der Waals surface area contributed by atoms with E-state index in [1.165, 1.54) is 7.11 Å². The molecule has 0 aromatic carbocycles. The number of hydrogen-bond acceptors (Lipinski definition) is 3. The number of alkyl halides is 2. The van der Waals surface area contributed by atoms with Crippen LogP contribution in [0.25, 0.3) is 6.08 Å². The summed E-state index contributed by atoms with van der Waals surface area (Å²) >= 11 is 0. The highest BCUT2D eigenvalue weighted by Crippen LogP contribution is 2.39. The Balaban J connectivity index is 2.18. The molecular weight excluding hydrogens is 350 g/mol. The van der Waals surface area contributed by atoms with Crippen LogP contribution in [0.15, 0.2) is 24.8 Å². The monoisotopic (exact) mass is 374 g/mol. The number of anilines is 1. The van der Waals surface area contributed by atoms with Crippen molar-refractivity contribution in [2.75, 3.05) is 12.4 Å². The van der Waals surface area contributed by atoms with Crippen molar-refractivity contribution in [1.82, 2.24) is 4.98 Å². The molecule has 1 aliphatic rings. The number of amides is 1. The van der Waals surface area contributed by atoms with Crippen LogP contribution in [0.2, 0.25) is 0 Å². The summed E-state index contributed by atoms with van der Waals surface area (Å²) in [7, 11) is 1.48. The molecule has 0 radical (unpaired) electrons. The molecule has 2 rings (SSSR count). The van der Waals surface area contributed by atoms with E-state index in [1.807, 2.05) is 12.2 Å². The number of methoxy groups -OCH3 is 1. The molecule has 1 saturated carbocycles. The smallest absolute Gasteiger partial charge is 0.248 e. The quantitative estimate of drug-likeness (QED) is 0.581. The standard InChI is InChI=1S/C21H24F2N2O2/c1-5-17-18(24-19(26)6-2)13-15(20(25-17)27-4)10-7-14-8-11-16(12-9-14)21(3,22)23/h1,6-7,10,13-14,16H,2,8-9,11-12H2,3-4H3,(H,24,26)/b10-7+. The lowest BCUT2D eigenvalue weighted by Crippen LogP contribution is -2.28. The maximum atomic E-state index is 13.4. The van der Waals surface area contributed by atoms with E-state index < -0.39 is 17.7 Å². The average molecular weight is 374 g/mol. The summed E-state index contributed by atoms with van der Waals surface area (Å²) in [5.41, 5.74) is 1.29. The van der Waals surface area contributed by atoms with Crippen LogP contribution in [0, 0.1) is 24.2 Å². The summed E-state index contributed by atoms with van der Waals surface area (Å²) in [6, 6.07) is 1.69. The fourth-order valence-electron chi connectivity index (χ4n) is 3.24. The van der Waals surface area contributed by atoms with Crippen LogP contribution in [0.4, 0.5) is 14.5 Å². The zero-order valence-electron chi connectivity index (χ0n) is 15.6. The number of rotatable bonds is 6. The van der Waals surface area contributed by atoms with Gasteiger partial charge in [0.05, 0.1) is 12.8 Å². The number of hydrogen-bond donors (Lipinski definition) is 1. The molecule has 0 atom stereocenters. The fraction of sp³-hybridized carbons (Fsp3) is 0.429. The van der Waals surface area contributed by atoms with Crippen molar-refractivity contribution in [3.63, 3.8) is 0 Å². The summed E-state index contributed by atoms with van der Waals surface area (Å²) in [5, 5.41) is 2.63. The second-order valence-electron chi connectivity index (χ2n) is 6.75. The number of ether oxygens (including phenoxy) is 1. The van der Waals surface area contributed by atoms with E-state index in [0.717, 1.165) is 13.0 Å². The molecule has 0 spiro atoms. The molecule has 1 heterocycles. The first-order valence-corrected chi connectivity index (χ1v) is 8.83. The molecule has 6 heteroatoms. The molecule has 4 nitrogen and oxygen atoms in total. The zero-order chi connectivity index (χ0) is 20.0. The van der Waals surface area contributed by atoms with E-state index in [-0.39, 0.29) is 11.6 Å². The minimum absolute atomic E-state index is 0.215. The van der Waals surface area contributed by atoms with Crippen molar-refractivity contribution < 1.29 is 18.3 Å². The van der Waals surface area contributed by atoms with Crippen LogP contribution in [-0.2, 0) is 4.79 Å². The van der Waals surface area contributed by atoms with Crippen molar-refractivity contribution in [2.24, 2.45) is 11.8 Å². The topological polar surface area (TPSA) is 51.2 Å². The largest absolute Gasteiger partial charge is 0.481 e. The van der Waals surface area contributed by atoms with Crippen molar-refractivity contribution in [2.45, 2.75) is 38.5 Å². The SMILES string of the molecule is C#Cc1nc(OC)c(/C=C/C2CCC(C(C)(F)F)CC2)cc1NC(=O)C=C. The van der Waals surface area contributed by atoms with Gasteiger partial charge in [-0.25, -0.2) is 13.8 Å². The van der Waals surface area contributed by atoms with Crippen LogP contribution < -0.4 is 10.1 Å². The first-order chi connectivity index (χ1) is 12.8. The molecule has 0 aliphatic heterocycles. The highest BCUT2D eigenvalue weighted by Gasteiger charge is 2.36. The number of pyridine rings is 1. The predicted molar refractivity (Wildman–Crippen MR) is 103 cm³/mol. The van der Waals surface area contributed by atoms with Crippen LogP contribution in [0.1, 0.15) is 43.9 Å². The van der Waals surface area contributed by atoms with Crippen LogP contribution in [-0.4, -0.2) is 23.9 Å². The molecule has 0 unspecified atom stereocenters. The third kappa shape index (κ3) is 5.40. The van der Waals surface area contributed by atoms with Gasteiger partial charge >= 0.3 is 0 Å². The second-order valence-corrected chi connectivity index (χ2v) is 6.75. The van der Waals surface area contributed by atoms with Gasteiger partial charge < -0.3 is 10.1 Å². The second kappa shape index (κ2) is 8.81. The summed E-state index contributed by atoms with van der Waals surface area (Å²) in [5.74, 6) is -0.595. The molecule has 27 heavy (non-hydrogen) atoms. The molecular formula is C21H24F2N2O2. The lowest BCUT2D eigenvalue weighted by atomic mass is 9.79. The lowest BCUT2D eigenvalue weighted by Gasteiger charge is -2.30. The van der Waals surface area contributed by atoms with E-state index >= 15 is 0 Å². The summed E-state index contributed by atoms with van der Waals surface area (Å²) in [4.78, 5) is 15.8. The van der Waals surface area contributed by atoms with Crippen molar-refractivity contribution in [3.05, 3.63) is 36.1 Å². The van der Waals surface area contributed by atoms with Crippen LogP contribution in [0.5, 0.6) is 5.88 Å². The summed E-state index contributed by atoms with van der Waals surface area (Å²) in [6.45, 7) is 4.41. The molecule has 1 N–H and O–H groups in total. The molecule has 1 aromatic heterocycles. The van der Waals surface area contributed by atoms with E-state index in [2.05, 4.69) is 22.8 Å². The molecule has 144 valence electrons. The number of nitrogens with zero attached hydrogens (tertiary/aromatic N) is 1. The van der Waals surface area contributed by atoms with Gasteiger partial charge in [0.1, 0.15) is 5.69 Å². The fourth-order valence-corrected chi connectivity index (χ4v) is 3.24. The van der Waals surface area contributed by atoms with Gasteiger partial charge in [-0.3, -0.25) is 4.79 Å². The average Bonchev–Trinajstić information content (AvgIpc) is 2.65. The summed E-state index contributed by atoms with van der Waals surface area (Å²) < 4.78 is 32.2. The van der Waals surface area contributed by atoms with Crippen molar-refractivity contribution in [1.29, 1.82) is 0 Å². The number of halogens is 2. The van der Waals surface area contributed by atoms with Gasteiger partial charge in [0.2, 0.25) is 17.7 Å². The van der Waals surface area contributed by atoms with Gasteiger partial charge in [0.15, 0.2) is 0 Å². The number of nitrogens with one attached hydrogen (secondary N) is 1. The molecule has 0 saturated heterocycles. The van der Waals surface area contributed by atoms with Gasteiger partial charge in [-0.15, -0.1) is 6.42 Å². The Morgan fingerprint density at radius 3 is 2.63 bits per heavy atom. The number of allylic oxidation sites excluding steroid dienone is 1. The Labute approximate surface area is 158 Å². The predicted octanol–water partition coefficient (Wildman–Crippen LogP) is 4.67. The molecule has 1 amide bonds. The van der Waals surface area contributed by atoms with Gasteiger partial charge in [-0.05, 0) is 56.6 Å². The highest BCUT2D eigenvalue weighted by atomic mass is 19.3. The molecule has 1 aliphatic carbocycles. The van der Waals surface area contributed by atoms with E-state index in [0.29, 0.717) is 42.8 Å². The van der Waals surface area contributed by atoms with Gasteiger partial charge in [0.25, 0.3) is 0 Å².